The number of hydrogen-bond donors (Lipinski definition) is 1. The van der Waals surface area contributed by atoms with Gasteiger partial charge >= 0.3 is 5.76 Å². The molecule has 0 bridgehead atoms. The van der Waals surface area contributed by atoms with Crippen molar-refractivity contribution in [1.29, 1.82) is 0 Å². The fraction of sp³-hybridized carbons (Fsp3) is 0.619. The van der Waals surface area contributed by atoms with Crippen molar-refractivity contribution in [2.45, 2.75) is 45.4 Å². The maximum atomic E-state index is 12.0. The average molecular weight is 389 g/mol. The van der Waals surface area contributed by atoms with Crippen molar-refractivity contribution in [3.63, 3.8) is 0 Å². The molecule has 1 aliphatic rings. The van der Waals surface area contributed by atoms with E-state index in [0.717, 1.165) is 38.0 Å². The molecule has 0 aliphatic carbocycles. The first-order valence-electron chi connectivity index (χ1n) is 10.2. The molecule has 2 aromatic rings. The minimum atomic E-state index is -0.644. The zero-order valence-electron chi connectivity index (χ0n) is 17.1. The summed E-state index contributed by atoms with van der Waals surface area (Å²) < 4.78 is 6.26. The van der Waals surface area contributed by atoms with Gasteiger partial charge in [-0.25, -0.2) is 4.79 Å². The van der Waals surface area contributed by atoms with E-state index in [1.807, 2.05) is 30.3 Å². The molecule has 1 aliphatic heterocycles. The normalized spacial score (nSPS) is 17.5. The molecule has 7 nitrogen and oxygen atoms in total. The van der Waals surface area contributed by atoms with E-state index in [-0.39, 0.29) is 6.54 Å². The Morgan fingerprint density at radius 2 is 1.89 bits per heavy atom. The summed E-state index contributed by atoms with van der Waals surface area (Å²) in [6, 6.07) is 9.99. The zero-order chi connectivity index (χ0) is 20.1. The molecule has 3 rings (SSSR count). The Hall–Kier alpha value is -1.96. The van der Waals surface area contributed by atoms with Crippen LogP contribution in [-0.4, -0.2) is 70.0 Å². The molecule has 154 valence electrons. The molecule has 0 spiro atoms. The monoisotopic (exact) mass is 388 g/mol. The van der Waals surface area contributed by atoms with E-state index < -0.39 is 11.9 Å². The third-order valence-corrected chi connectivity index (χ3v) is 5.72. The van der Waals surface area contributed by atoms with Crippen LogP contribution in [0.25, 0.3) is 11.4 Å². The van der Waals surface area contributed by atoms with E-state index >= 15 is 0 Å². The van der Waals surface area contributed by atoms with Crippen LogP contribution >= 0.6 is 0 Å². The fourth-order valence-electron chi connectivity index (χ4n) is 3.76. The van der Waals surface area contributed by atoms with E-state index in [9.17, 15) is 9.90 Å². The minimum absolute atomic E-state index is 0.183. The second kappa shape index (κ2) is 9.49. The summed E-state index contributed by atoms with van der Waals surface area (Å²) in [6.07, 6.45) is 1.65. The van der Waals surface area contributed by atoms with Crippen molar-refractivity contribution < 1.29 is 9.63 Å². The summed E-state index contributed by atoms with van der Waals surface area (Å²) in [6.45, 7) is 8.28. The van der Waals surface area contributed by atoms with Gasteiger partial charge in [-0.15, -0.1) is 0 Å². The molecular weight excluding hydrogens is 356 g/mol. The summed E-state index contributed by atoms with van der Waals surface area (Å²) in [5, 5.41) is 14.5. The number of nitrogens with zero attached hydrogens (tertiary/aromatic N) is 4. The van der Waals surface area contributed by atoms with Crippen LogP contribution in [0.1, 0.15) is 26.7 Å². The Bertz CT molecular complexity index is 778. The first-order valence-corrected chi connectivity index (χ1v) is 10.2. The van der Waals surface area contributed by atoms with Crippen molar-refractivity contribution >= 4 is 0 Å². The quantitative estimate of drug-likeness (QED) is 0.745. The van der Waals surface area contributed by atoms with Gasteiger partial charge in [-0.05, 0) is 52.7 Å². The van der Waals surface area contributed by atoms with Crippen LogP contribution in [0.4, 0.5) is 0 Å². The highest BCUT2D eigenvalue weighted by Gasteiger charge is 2.24. The number of piperidine rings is 1. The predicted molar refractivity (Wildman–Crippen MR) is 109 cm³/mol. The Morgan fingerprint density at radius 1 is 1.21 bits per heavy atom. The predicted octanol–water partition coefficient (Wildman–Crippen LogP) is 1.92. The zero-order valence-corrected chi connectivity index (χ0v) is 17.1. The molecule has 0 amide bonds. The van der Waals surface area contributed by atoms with E-state index in [1.165, 1.54) is 4.57 Å². The lowest BCUT2D eigenvalue weighted by Crippen LogP contribution is -2.43. The summed E-state index contributed by atoms with van der Waals surface area (Å²) in [5.74, 6) is 0.639. The second-order valence-electron chi connectivity index (χ2n) is 8.18. The molecule has 1 saturated heterocycles. The van der Waals surface area contributed by atoms with Gasteiger partial charge in [0.15, 0.2) is 5.82 Å². The van der Waals surface area contributed by atoms with Crippen LogP contribution in [0.3, 0.4) is 0 Å². The lowest BCUT2D eigenvalue weighted by atomic mass is 9.95. The first-order chi connectivity index (χ1) is 13.4. The fourth-order valence-corrected chi connectivity index (χ4v) is 3.76. The Kier molecular flexibility index (Phi) is 7.04. The van der Waals surface area contributed by atoms with E-state index in [0.29, 0.717) is 24.3 Å². The van der Waals surface area contributed by atoms with Gasteiger partial charge in [0.25, 0.3) is 0 Å². The number of likely N-dealkylation sites (tertiary alicyclic amines) is 1. The number of hydrogen-bond acceptors (Lipinski definition) is 6. The largest absolute Gasteiger partial charge is 0.441 e. The summed E-state index contributed by atoms with van der Waals surface area (Å²) in [5.41, 5.74) is 0.802. The van der Waals surface area contributed by atoms with Gasteiger partial charge in [-0.2, -0.15) is 0 Å². The van der Waals surface area contributed by atoms with Gasteiger partial charge in [-0.1, -0.05) is 35.5 Å². The van der Waals surface area contributed by atoms with Gasteiger partial charge < -0.3 is 14.9 Å². The number of aliphatic hydroxyl groups is 1. The number of benzene rings is 1. The third-order valence-electron chi connectivity index (χ3n) is 5.72. The SMILES string of the molecule is CC(C)N(C)CC1CCN(CC(O)Cn2c(-c3ccccc3)noc2=O)CC1. The van der Waals surface area contributed by atoms with E-state index in [1.54, 1.807) is 0 Å². The maximum absolute atomic E-state index is 12.0. The first kappa shape index (κ1) is 20.8. The molecule has 2 heterocycles. The Balaban J connectivity index is 1.53. The molecule has 1 aromatic heterocycles. The third kappa shape index (κ3) is 5.31. The van der Waals surface area contributed by atoms with Gasteiger partial charge in [-0.3, -0.25) is 9.09 Å². The minimum Gasteiger partial charge on any atom is -0.390 e. The summed E-state index contributed by atoms with van der Waals surface area (Å²) in [4.78, 5) is 16.7. The Labute approximate surface area is 166 Å². The van der Waals surface area contributed by atoms with Crippen molar-refractivity contribution in [1.82, 2.24) is 19.5 Å². The van der Waals surface area contributed by atoms with E-state index in [2.05, 4.69) is 35.9 Å². The molecule has 1 aromatic carbocycles. The standard InChI is InChI=1S/C21H32N4O3/c1-16(2)23(3)13-17-9-11-24(12-10-17)14-19(26)15-25-20(22-28-21(25)27)18-7-5-4-6-8-18/h4-8,16-17,19,26H,9-15H2,1-3H3. The number of rotatable bonds is 8. The maximum Gasteiger partial charge on any atom is 0.441 e. The molecule has 0 saturated carbocycles. The van der Waals surface area contributed by atoms with Crippen molar-refractivity contribution in [2.75, 3.05) is 33.2 Å². The Morgan fingerprint density at radius 3 is 2.54 bits per heavy atom. The summed E-state index contributed by atoms with van der Waals surface area (Å²) >= 11 is 0. The van der Waals surface area contributed by atoms with Crippen molar-refractivity contribution in [3.05, 3.63) is 40.9 Å². The highest BCUT2D eigenvalue weighted by atomic mass is 16.5. The van der Waals surface area contributed by atoms with Crippen LogP contribution in [-0.2, 0) is 6.54 Å². The molecule has 1 fully saturated rings. The summed E-state index contributed by atoms with van der Waals surface area (Å²) in [7, 11) is 2.18. The van der Waals surface area contributed by atoms with Crippen molar-refractivity contribution in [3.8, 4) is 11.4 Å². The molecule has 7 heteroatoms. The number of aromatic nitrogens is 2. The second-order valence-corrected chi connectivity index (χ2v) is 8.18. The van der Waals surface area contributed by atoms with Gasteiger partial charge in [0.2, 0.25) is 0 Å². The highest BCUT2D eigenvalue weighted by molar-refractivity contribution is 5.54. The van der Waals surface area contributed by atoms with E-state index in [4.69, 9.17) is 4.52 Å². The van der Waals surface area contributed by atoms with Gasteiger partial charge in [0, 0.05) is 24.7 Å². The number of aliphatic hydroxyl groups excluding tert-OH is 1. The molecule has 28 heavy (non-hydrogen) atoms. The smallest absolute Gasteiger partial charge is 0.390 e. The van der Waals surface area contributed by atoms with Crippen LogP contribution in [0, 0.1) is 5.92 Å². The molecule has 1 N–H and O–H groups in total. The topological polar surface area (TPSA) is 74.7 Å². The van der Waals surface area contributed by atoms with Crippen LogP contribution in [0.15, 0.2) is 39.6 Å². The highest BCUT2D eigenvalue weighted by Crippen LogP contribution is 2.20. The molecule has 1 unspecified atom stereocenters. The molecule has 0 radical (unpaired) electrons. The van der Waals surface area contributed by atoms with Crippen LogP contribution in [0.5, 0.6) is 0 Å². The van der Waals surface area contributed by atoms with Gasteiger partial charge in [0.05, 0.1) is 12.6 Å². The number of β-amino-alcohol motifs (C(OH)–C–C–N with tert-alkyl or cyclic N) is 1. The molecular formula is C21H32N4O3. The van der Waals surface area contributed by atoms with Gasteiger partial charge in [0.1, 0.15) is 0 Å². The van der Waals surface area contributed by atoms with Crippen molar-refractivity contribution in [2.24, 2.45) is 5.92 Å². The van der Waals surface area contributed by atoms with Crippen LogP contribution < -0.4 is 5.76 Å². The molecule has 1 atom stereocenters. The lowest BCUT2D eigenvalue weighted by molar-refractivity contribution is 0.0706. The average Bonchev–Trinajstić information content (AvgIpc) is 3.04. The lowest BCUT2D eigenvalue weighted by Gasteiger charge is -2.35. The van der Waals surface area contributed by atoms with Crippen LogP contribution in [0.2, 0.25) is 0 Å².